The summed E-state index contributed by atoms with van der Waals surface area (Å²) < 4.78 is 5.18. The maximum absolute atomic E-state index is 5.18. The van der Waals surface area contributed by atoms with Gasteiger partial charge >= 0.3 is 0 Å². The minimum absolute atomic E-state index is 0.904. The molecule has 0 radical (unpaired) electrons. The van der Waals surface area contributed by atoms with E-state index < -0.39 is 0 Å². The standard InChI is InChI=1S/C13H13NO/c1-15-13-4-2-3-12(10-13)9-11-5-7-14-8-6-11/h2-8,10H,9H2,1H3. The number of nitrogens with zero attached hydrogens (tertiary/aromatic N) is 1. The van der Waals surface area contributed by atoms with Gasteiger partial charge in [0.1, 0.15) is 5.75 Å². The monoisotopic (exact) mass is 199 g/mol. The van der Waals surface area contributed by atoms with Crippen molar-refractivity contribution in [2.45, 2.75) is 6.42 Å². The third-order valence-corrected chi connectivity index (χ3v) is 2.29. The molecule has 0 amide bonds. The number of aromatic nitrogens is 1. The summed E-state index contributed by atoms with van der Waals surface area (Å²) in [5.41, 5.74) is 2.51. The number of hydrogen-bond acceptors (Lipinski definition) is 2. The molecule has 0 aliphatic heterocycles. The van der Waals surface area contributed by atoms with E-state index in [0.717, 1.165) is 12.2 Å². The molecule has 76 valence electrons. The summed E-state index contributed by atoms with van der Waals surface area (Å²) in [7, 11) is 1.69. The Morgan fingerprint density at radius 1 is 1.07 bits per heavy atom. The summed E-state index contributed by atoms with van der Waals surface area (Å²) in [6.45, 7) is 0. The van der Waals surface area contributed by atoms with Crippen LogP contribution in [0.3, 0.4) is 0 Å². The van der Waals surface area contributed by atoms with Crippen molar-refractivity contribution in [1.29, 1.82) is 0 Å². The van der Waals surface area contributed by atoms with Gasteiger partial charge in [0.2, 0.25) is 0 Å². The van der Waals surface area contributed by atoms with Crippen LogP contribution >= 0.6 is 0 Å². The third kappa shape index (κ3) is 2.56. The fourth-order valence-corrected chi connectivity index (χ4v) is 1.52. The first-order valence-corrected chi connectivity index (χ1v) is 4.90. The average Bonchev–Trinajstić information content (AvgIpc) is 2.31. The van der Waals surface area contributed by atoms with Gasteiger partial charge in [-0.05, 0) is 41.8 Å². The van der Waals surface area contributed by atoms with E-state index in [1.807, 2.05) is 36.7 Å². The lowest BCUT2D eigenvalue weighted by Crippen LogP contribution is -1.89. The van der Waals surface area contributed by atoms with Crippen LogP contribution in [0.5, 0.6) is 5.75 Å². The molecule has 0 spiro atoms. The van der Waals surface area contributed by atoms with Gasteiger partial charge in [-0.15, -0.1) is 0 Å². The van der Waals surface area contributed by atoms with Gasteiger partial charge in [-0.2, -0.15) is 0 Å². The molecule has 15 heavy (non-hydrogen) atoms. The largest absolute Gasteiger partial charge is 0.497 e. The lowest BCUT2D eigenvalue weighted by molar-refractivity contribution is 0.414. The Kier molecular flexibility index (Phi) is 2.98. The Balaban J connectivity index is 2.17. The highest BCUT2D eigenvalue weighted by Crippen LogP contribution is 2.15. The summed E-state index contributed by atoms with van der Waals surface area (Å²) in [5.74, 6) is 0.904. The molecule has 2 aromatic rings. The molecule has 1 aromatic heterocycles. The van der Waals surface area contributed by atoms with Crippen molar-refractivity contribution >= 4 is 0 Å². The van der Waals surface area contributed by atoms with Gasteiger partial charge in [-0.3, -0.25) is 4.98 Å². The zero-order chi connectivity index (χ0) is 10.5. The minimum Gasteiger partial charge on any atom is -0.497 e. The molecule has 0 aliphatic rings. The smallest absolute Gasteiger partial charge is 0.119 e. The van der Waals surface area contributed by atoms with Crippen LogP contribution in [0.2, 0.25) is 0 Å². The summed E-state index contributed by atoms with van der Waals surface area (Å²) in [5, 5.41) is 0. The Morgan fingerprint density at radius 3 is 2.60 bits per heavy atom. The van der Waals surface area contributed by atoms with Crippen molar-refractivity contribution in [3.8, 4) is 5.75 Å². The fraction of sp³-hybridized carbons (Fsp3) is 0.154. The lowest BCUT2D eigenvalue weighted by atomic mass is 10.1. The summed E-state index contributed by atoms with van der Waals surface area (Å²) in [6, 6.07) is 12.2. The Labute approximate surface area is 89.6 Å². The average molecular weight is 199 g/mol. The maximum Gasteiger partial charge on any atom is 0.119 e. The number of hydrogen-bond donors (Lipinski definition) is 0. The molecule has 0 unspecified atom stereocenters. The molecule has 0 saturated heterocycles. The zero-order valence-electron chi connectivity index (χ0n) is 8.68. The Bertz CT molecular complexity index is 426. The maximum atomic E-state index is 5.18. The number of methoxy groups -OCH3 is 1. The van der Waals surface area contributed by atoms with E-state index in [2.05, 4.69) is 17.1 Å². The summed E-state index contributed by atoms with van der Waals surface area (Å²) in [6.07, 6.45) is 4.55. The van der Waals surface area contributed by atoms with Gasteiger partial charge in [0.15, 0.2) is 0 Å². The van der Waals surface area contributed by atoms with Gasteiger partial charge in [0.05, 0.1) is 7.11 Å². The van der Waals surface area contributed by atoms with Gasteiger partial charge in [0.25, 0.3) is 0 Å². The molecule has 0 fully saturated rings. The quantitative estimate of drug-likeness (QED) is 0.758. The normalized spacial score (nSPS) is 9.93. The fourth-order valence-electron chi connectivity index (χ4n) is 1.52. The topological polar surface area (TPSA) is 22.1 Å². The van der Waals surface area contributed by atoms with Gasteiger partial charge in [0, 0.05) is 12.4 Å². The molecule has 0 bridgehead atoms. The van der Waals surface area contributed by atoms with E-state index in [1.165, 1.54) is 11.1 Å². The third-order valence-electron chi connectivity index (χ3n) is 2.29. The second-order valence-electron chi connectivity index (χ2n) is 3.38. The number of pyridine rings is 1. The van der Waals surface area contributed by atoms with E-state index in [4.69, 9.17) is 4.74 Å². The predicted octanol–water partition coefficient (Wildman–Crippen LogP) is 2.68. The lowest BCUT2D eigenvalue weighted by Gasteiger charge is -2.04. The van der Waals surface area contributed by atoms with Gasteiger partial charge in [-0.25, -0.2) is 0 Å². The Morgan fingerprint density at radius 2 is 1.87 bits per heavy atom. The van der Waals surface area contributed by atoms with Crippen LogP contribution in [0, 0.1) is 0 Å². The van der Waals surface area contributed by atoms with E-state index in [-0.39, 0.29) is 0 Å². The van der Waals surface area contributed by atoms with Crippen molar-refractivity contribution in [3.63, 3.8) is 0 Å². The van der Waals surface area contributed by atoms with Gasteiger partial charge < -0.3 is 4.74 Å². The van der Waals surface area contributed by atoms with Gasteiger partial charge in [-0.1, -0.05) is 12.1 Å². The van der Waals surface area contributed by atoms with E-state index >= 15 is 0 Å². The summed E-state index contributed by atoms with van der Waals surface area (Å²) >= 11 is 0. The second kappa shape index (κ2) is 4.60. The van der Waals surface area contributed by atoms with Crippen LogP contribution in [0.25, 0.3) is 0 Å². The van der Waals surface area contributed by atoms with E-state index in [9.17, 15) is 0 Å². The highest BCUT2D eigenvalue weighted by Gasteiger charge is 1.97. The highest BCUT2D eigenvalue weighted by molar-refractivity contribution is 5.32. The van der Waals surface area contributed by atoms with Crippen LogP contribution in [0.4, 0.5) is 0 Å². The summed E-state index contributed by atoms with van der Waals surface area (Å²) in [4.78, 5) is 4.00. The van der Waals surface area contributed by atoms with Crippen LogP contribution < -0.4 is 4.74 Å². The molecule has 1 heterocycles. The van der Waals surface area contributed by atoms with E-state index in [1.54, 1.807) is 7.11 Å². The minimum atomic E-state index is 0.904. The first kappa shape index (κ1) is 9.71. The van der Waals surface area contributed by atoms with Crippen molar-refractivity contribution in [1.82, 2.24) is 4.98 Å². The first-order chi connectivity index (χ1) is 7.38. The molecular formula is C13H13NO. The van der Waals surface area contributed by atoms with E-state index in [0.29, 0.717) is 0 Å². The van der Waals surface area contributed by atoms with Crippen LogP contribution in [-0.2, 0) is 6.42 Å². The van der Waals surface area contributed by atoms with Crippen molar-refractivity contribution in [2.24, 2.45) is 0 Å². The molecule has 2 heteroatoms. The molecule has 0 saturated carbocycles. The predicted molar refractivity (Wildman–Crippen MR) is 60.0 cm³/mol. The molecule has 2 rings (SSSR count). The number of ether oxygens (including phenoxy) is 1. The van der Waals surface area contributed by atoms with Crippen LogP contribution in [0.15, 0.2) is 48.8 Å². The van der Waals surface area contributed by atoms with Crippen molar-refractivity contribution < 1.29 is 4.74 Å². The van der Waals surface area contributed by atoms with Crippen molar-refractivity contribution in [3.05, 3.63) is 59.9 Å². The molecule has 0 aliphatic carbocycles. The SMILES string of the molecule is COc1cccc(Cc2ccncc2)c1. The number of benzene rings is 1. The molecule has 0 atom stereocenters. The van der Waals surface area contributed by atoms with Crippen LogP contribution in [0.1, 0.15) is 11.1 Å². The van der Waals surface area contributed by atoms with Crippen molar-refractivity contribution in [2.75, 3.05) is 7.11 Å². The zero-order valence-corrected chi connectivity index (χ0v) is 8.68. The second-order valence-corrected chi connectivity index (χ2v) is 3.38. The molecule has 1 aromatic carbocycles. The molecule has 0 N–H and O–H groups in total. The number of rotatable bonds is 3. The van der Waals surface area contributed by atoms with Crippen LogP contribution in [-0.4, -0.2) is 12.1 Å². The first-order valence-electron chi connectivity index (χ1n) is 4.90. The molecular weight excluding hydrogens is 186 g/mol. The Hall–Kier alpha value is -1.83. The molecule has 2 nitrogen and oxygen atoms in total. The highest BCUT2D eigenvalue weighted by atomic mass is 16.5.